The van der Waals surface area contributed by atoms with E-state index in [2.05, 4.69) is 5.32 Å². The number of hydrogen-bond acceptors (Lipinski definition) is 4. The molecule has 122 valence electrons. The van der Waals surface area contributed by atoms with Gasteiger partial charge in [-0.2, -0.15) is 0 Å². The van der Waals surface area contributed by atoms with E-state index in [1.165, 1.54) is 36.2 Å². The maximum Gasteiger partial charge on any atom is 0.125 e. The maximum atomic E-state index is 10.0. The van der Waals surface area contributed by atoms with Crippen LogP contribution in [-0.4, -0.2) is 23.7 Å². The summed E-state index contributed by atoms with van der Waals surface area (Å²) in [5, 5.41) is 14.8. The van der Waals surface area contributed by atoms with Crippen molar-refractivity contribution in [3.63, 3.8) is 0 Å². The number of ether oxygens (including phenoxy) is 1. The molecule has 2 aliphatic carbocycles. The highest BCUT2D eigenvalue weighted by atomic mass is 16.5. The van der Waals surface area contributed by atoms with Crippen LogP contribution >= 0.6 is 0 Å². The second-order valence-electron chi connectivity index (χ2n) is 6.88. The average molecular weight is 312 g/mol. The minimum atomic E-state index is -0.563. The molecule has 4 heteroatoms. The molecule has 0 bridgehead atoms. The number of aromatic nitrogens is 1. The highest BCUT2D eigenvalue weighted by molar-refractivity contribution is 5.95. The minimum absolute atomic E-state index is 0.563. The van der Waals surface area contributed by atoms with Gasteiger partial charge in [0.25, 0.3) is 0 Å². The van der Waals surface area contributed by atoms with Crippen molar-refractivity contribution in [1.29, 1.82) is 0 Å². The summed E-state index contributed by atoms with van der Waals surface area (Å²) in [7, 11) is 1.66. The molecule has 1 heterocycles. The van der Waals surface area contributed by atoms with Crippen LogP contribution in [0, 0.1) is 5.92 Å². The summed E-state index contributed by atoms with van der Waals surface area (Å²) in [6, 6.07) is 4.03. The third-order valence-corrected chi connectivity index (χ3v) is 5.08. The second-order valence-corrected chi connectivity index (χ2v) is 6.88. The molecule has 4 nitrogen and oxygen atoms in total. The molecule has 1 aromatic carbocycles. The number of nitrogens with zero attached hydrogens (tertiary/aromatic N) is 1. The summed E-state index contributed by atoms with van der Waals surface area (Å²) in [4.78, 5) is 4.87. The Kier molecular flexibility index (Phi) is 3.64. The van der Waals surface area contributed by atoms with Crippen molar-refractivity contribution in [1.82, 2.24) is 4.98 Å². The molecule has 0 aliphatic heterocycles. The van der Waals surface area contributed by atoms with Crippen molar-refractivity contribution in [2.45, 2.75) is 45.1 Å². The van der Waals surface area contributed by atoms with E-state index in [1.807, 2.05) is 12.1 Å². The number of aliphatic hydroxyl groups excluding tert-OH is 1. The van der Waals surface area contributed by atoms with Crippen LogP contribution in [0.2, 0.25) is 0 Å². The topological polar surface area (TPSA) is 54.4 Å². The van der Waals surface area contributed by atoms with E-state index in [1.54, 1.807) is 14.0 Å². The lowest BCUT2D eigenvalue weighted by molar-refractivity contribution is 0.194. The van der Waals surface area contributed by atoms with E-state index in [0.29, 0.717) is 0 Å². The van der Waals surface area contributed by atoms with Crippen LogP contribution in [0.25, 0.3) is 10.9 Å². The van der Waals surface area contributed by atoms with Crippen LogP contribution < -0.4 is 10.1 Å². The summed E-state index contributed by atoms with van der Waals surface area (Å²) < 4.78 is 5.51. The van der Waals surface area contributed by atoms with Gasteiger partial charge in [-0.05, 0) is 62.6 Å². The van der Waals surface area contributed by atoms with E-state index < -0.39 is 6.10 Å². The fourth-order valence-electron chi connectivity index (χ4n) is 3.58. The van der Waals surface area contributed by atoms with Crippen molar-refractivity contribution in [2.24, 2.45) is 5.92 Å². The number of anilines is 1. The lowest BCUT2D eigenvalue weighted by Crippen LogP contribution is -2.08. The summed E-state index contributed by atoms with van der Waals surface area (Å²) in [5.74, 6) is 1.57. The Bertz CT molecular complexity index is 751. The van der Waals surface area contributed by atoms with Gasteiger partial charge in [-0.3, -0.25) is 4.98 Å². The van der Waals surface area contributed by atoms with Gasteiger partial charge in [-0.1, -0.05) is 0 Å². The van der Waals surface area contributed by atoms with Crippen molar-refractivity contribution >= 4 is 16.6 Å². The quantitative estimate of drug-likeness (QED) is 0.885. The molecule has 23 heavy (non-hydrogen) atoms. The van der Waals surface area contributed by atoms with Crippen LogP contribution in [0.3, 0.4) is 0 Å². The Morgan fingerprint density at radius 3 is 2.87 bits per heavy atom. The van der Waals surface area contributed by atoms with Gasteiger partial charge < -0.3 is 15.2 Å². The van der Waals surface area contributed by atoms with E-state index in [-0.39, 0.29) is 0 Å². The fraction of sp³-hybridized carbons (Fsp3) is 0.526. The molecule has 1 aromatic heterocycles. The van der Waals surface area contributed by atoms with Crippen LogP contribution in [0.5, 0.6) is 5.75 Å². The Morgan fingerprint density at radius 2 is 2.17 bits per heavy atom. The zero-order chi connectivity index (χ0) is 16.0. The number of hydrogen-bond donors (Lipinski definition) is 2. The molecule has 0 radical (unpaired) electrons. The van der Waals surface area contributed by atoms with Gasteiger partial charge in [0.05, 0.1) is 18.7 Å². The third kappa shape index (κ3) is 2.65. The first-order chi connectivity index (χ1) is 11.2. The largest absolute Gasteiger partial charge is 0.496 e. The number of methoxy groups -OCH3 is 1. The zero-order valence-corrected chi connectivity index (χ0v) is 13.9. The van der Waals surface area contributed by atoms with Crippen molar-refractivity contribution in [3.8, 4) is 5.75 Å². The summed E-state index contributed by atoms with van der Waals surface area (Å²) in [5.41, 5.74) is 5.60. The van der Waals surface area contributed by atoms with E-state index in [0.717, 1.165) is 47.5 Å². The molecule has 1 unspecified atom stereocenters. The summed E-state index contributed by atoms with van der Waals surface area (Å²) >= 11 is 0. The van der Waals surface area contributed by atoms with E-state index in [4.69, 9.17) is 9.72 Å². The Balaban J connectivity index is 1.88. The lowest BCUT2D eigenvalue weighted by Gasteiger charge is -2.18. The minimum Gasteiger partial charge on any atom is -0.496 e. The Hall–Kier alpha value is -1.81. The summed E-state index contributed by atoms with van der Waals surface area (Å²) in [6.45, 7) is 2.81. The number of nitrogens with one attached hydrogen (secondary N) is 1. The molecular weight excluding hydrogens is 288 g/mol. The molecule has 2 aliphatic rings. The molecule has 2 aromatic rings. The Morgan fingerprint density at radius 1 is 1.35 bits per heavy atom. The van der Waals surface area contributed by atoms with Crippen LogP contribution in [-0.2, 0) is 12.8 Å². The predicted molar refractivity (Wildman–Crippen MR) is 92.2 cm³/mol. The highest BCUT2D eigenvalue weighted by Gasteiger charge is 2.25. The maximum absolute atomic E-state index is 10.0. The summed E-state index contributed by atoms with van der Waals surface area (Å²) in [6.07, 6.45) is 5.45. The molecule has 0 amide bonds. The predicted octanol–water partition coefficient (Wildman–Crippen LogP) is 3.61. The van der Waals surface area contributed by atoms with Crippen molar-refractivity contribution in [2.75, 3.05) is 19.0 Å². The van der Waals surface area contributed by atoms with E-state index >= 15 is 0 Å². The van der Waals surface area contributed by atoms with Gasteiger partial charge in [0.1, 0.15) is 5.75 Å². The number of benzene rings is 1. The zero-order valence-electron chi connectivity index (χ0n) is 13.9. The highest BCUT2D eigenvalue weighted by Crippen LogP contribution is 2.39. The average Bonchev–Trinajstić information content (AvgIpc) is 3.26. The molecule has 0 saturated heterocycles. The number of pyridine rings is 1. The Labute approximate surface area is 136 Å². The molecule has 0 spiro atoms. The van der Waals surface area contributed by atoms with Gasteiger partial charge in [0.2, 0.25) is 0 Å². The van der Waals surface area contributed by atoms with Gasteiger partial charge in [0.15, 0.2) is 0 Å². The van der Waals surface area contributed by atoms with Gasteiger partial charge in [0, 0.05) is 28.9 Å². The lowest BCUT2D eigenvalue weighted by atomic mass is 10.0. The van der Waals surface area contributed by atoms with E-state index in [9.17, 15) is 5.11 Å². The van der Waals surface area contributed by atoms with Crippen LogP contribution in [0.15, 0.2) is 12.1 Å². The first-order valence-electron chi connectivity index (χ1n) is 8.62. The SMILES string of the molecule is COc1cc2c(NCC3CC3)c3c(nc2cc1C(C)O)CCC3. The number of aliphatic hydroxyl groups is 1. The van der Waals surface area contributed by atoms with Gasteiger partial charge in [-0.25, -0.2) is 0 Å². The molecule has 1 atom stereocenters. The monoisotopic (exact) mass is 312 g/mol. The van der Waals surface area contributed by atoms with Gasteiger partial charge in [-0.15, -0.1) is 0 Å². The molecular formula is C19H24N2O2. The normalized spacial score (nSPS) is 18.0. The number of aryl methyl sites for hydroxylation is 1. The molecule has 2 N–H and O–H groups in total. The first-order valence-corrected chi connectivity index (χ1v) is 8.62. The number of rotatable bonds is 5. The third-order valence-electron chi connectivity index (χ3n) is 5.08. The molecule has 1 saturated carbocycles. The van der Waals surface area contributed by atoms with Crippen molar-refractivity contribution in [3.05, 3.63) is 29.0 Å². The van der Waals surface area contributed by atoms with Crippen LogP contribution in [0.4, 0.5) is 5.69 Å². The van der Waals surface area contributed by atoms with Gasteiger partial charge >= 0.3 is 0 Å². The smallest absolute Gasteiger partial charge is 0.125 e. The first kappa shape index (κ1) is 14.8. The molecule has 4 rings (SSSR count). The van der Waals surface area contributed by atoms with Crippen LogP contribution in [0.1, 0.15) is 49.1 Å². The molecule has 1 fully saturated rings. The van der Waals surface area contributed by atoms with Crippen molar-refractivity contribution < 1.29 is 9.84 Å². The number of fused-ring (bicyclic) bond motifs is 2. The standard InChI is InChI=1S/C19H24N2O2/c1-11(22)14-8-17-15(9-18(14)23-2)19(20-10-12-6-7-12)13-4-3-5-16(13)21-17/h8-9,11-12,22H,3-7,10H2,1-2H3,(H,20,21). The second kappa shape index (κ2) is 5.68. The fourth-order valence-corrected chi connectivity index (χ4v) is 3.58.